The van der Waals surface area contributed by atoms with E-state index in [1.807, 2.05) is 57.2 Å². The average molecular weight is 457 g/mol. The molecule has 0 heterocycles. The smallest absolute Gasteiger partial charge is 0.262 e. The summed E-state index contributed by atoms with van der Waals surface area (Å²) in [4.78, 5) is 12.6. The van der Waals surface area contributed by atoms with Crippen LogP contribution in [0.2, 0.25) is 0 Å². The van der Waals surface area contributed by atoms with Crippen molar-refractivity contribution < 1.29 is 14.3 Å². The minimum absolute atomic E-state index is 0.0114. The second kappa shape index (κ2) is 10.7. The number of halogens is 1. The summed E-state index contributed by atoms with van der Waals surface area (Å²) in [6.07, 6.45) is 2.42. The highest BCUT2D eigenvalue weighted by molar-refractivity contribution is 9.10. The molecule has 0 aromatic heterocycles. The predicted molar refractivity (Wildman–Crippen MR) is 118 cm³/mol. The number of methoxy groups -OCH3 is 1. The lowest BCUT2D eigenvalue weighted by atomic mass is 10.1. The maximum atomic E-state index is 12.6. The lowest BCUT2D eigenvalue weighted by molar-refractivity contribution is -0.117. The van der Waals surface area contributed by atoms with Gasteiger partial charge in [-0.15, -0.1) is 0 Å². The Balaban J connectivity index is 2.26. The molecule has 0 saturated heterocycles. The van der Waals surface area contributed by atoms with E-state index in [1.165, 1.54) is 6.08 Å². The number of carbonyl (C=O) groups is 1. The van der Waals surface area contributed by atoms with Gasteiger partial charge < -0.3 is 14.8 Å². The maximum Gasteiger partial charge on any atom is 0.262 e. The van der Waals surface area contributed by atoms with E-state index >= 15 is 0 Å². The predicted octanol–water partition coefficient (Wildman–Crippen LogP) is 5.42. The van der Waals surface area contributed by atoms with Gasteiger partial charge in [0.1, 0.15) is 11.6 Å². The number of benzene rings is 2. The van der Waals surface area contributed by atoms with Gasteiger partial charge >= 0.3 is 0 Å². The number of amides is 1. The zero-order valence-corrected chi connectivity index (χ0v) is 18.6. The monoisotopic (exact) mass is 456 g/mol. The Hall–Kier alpha value is -2.78. The first kappa shape index (κ1) is 22.5. The molecule has 152 valence electrons. The topological polar surface area (TPSA) is 71.3 Å². The number of nitriles is 1. The van der Waals surface area contributed by atoms with Crippen LogP contribution in [0.15, 0.2) is 52.5 Å². The average Bonchev–Trinajstić information content (AvgIpc) is 2.73. The fourth-order valence-corrected chi connectivity index (χ4v) is 3.19. The Labute approximate surface area is 180 Å². The number of hydrogen-bond donors (Lipinski definition) is 1. The summed E-state index contributed by atoms with van der Waals surface area (Å²) in [5.41, 5.74) is 1.63. The molecule has 1 N–H and O–H groups in total. The van der Waals surface area contributed by atoms with Gasteiger partial charge in [-0.25, -0.2) is 0 Å². The van der Waals surface area contributed by atoms with Crippen LogP contribution in [-0.4, -0.2) is 19.1 Å². The molecule has 2 atom stereocenters. The molecule has 0 aliphatic carbocycles. The molecule has 0 fully saturated rings. The Kier molecular flexibility index (Phi) is 8.29. The summed E-state index contributed by atoms with van der Waals surface area (Å²) in [5.74, 6) is 0.694. The molecule has 0 aliphatic heterocycles. The molecule has 0 spiro atoms. The molecule has 29 heavy (non-hydrogen) atoms. The maximum absolute atomic E-state index is 12.6. The van der Waals surface area contributed by atoms with E-state index in [4.69, 9.17) is 9.47 Å². The van der Waals surface area contributed by atoms with Gasteiger partial charge in [-0.2, -0.15) is 5.26 Å². The van der Waals surface area contributed by atoms with Crippen LogP contribution in [0.5, 0.6) is 11.5 Å². The molecule has 1 amide bonds. The van der Waals surface area contributed by atoms with Gasteiger partial charge in [0, 0.05) is 0 Å². The van der Waals surface area contributed by atoms with Crippen LogP contribution in [0.3, 0.4) is 0 Å². The van der Waals surface area contributed by atoms with E-state index in [0.29, 0.717) is 21.5 Å². The Morgan fingerprint density at radius 3 is 2.55 bits per heavy atom. The molecule has 0 saturated carbocycles. The third-order valence-corrected chi connectivity index (χ3v) is 5.06. The van der Waals surface area contributed by atoms with E-state index < -0.39 is 5.91 Å². The summed E-state index contributed by atoms with van der Waals surface area (Å²) in [7, 11) is 1.55. The van der Waals surface area contributed by atoms with Gasteiger partial charge in [0.05, 0.1) is 23.7 Å². The number of hydrogen-bond acceptors (Lipinski definition) is 4. The van der Waals surface area contributed by atoms with Crippen molar-refractivity contribution in [3.8, 4) is 17.6 Å². The summed E-state index contributed by atoms with van der Waals surface area (Å²) < 4.78 is 12.1. The minimum Gasteiger partial charge on any atom is -0.493 e. The van der Waals surface area contributed by atoms with Crippen molar-refractivity contribution in [2.24, 2.45) is 0 Å². The zero-order chi connectivity index (χ0) is 21.4. The van der Waals surface area contributed by atoms with Crippen molar-refractivity contribution in [2.75, 3.05) is 7.11 Å². The van der Waals surface area contributed by atoms with Gasteiger partial charge in [0.25, 0.3) is 5.91 Å². The fraction of sp³-hybridized carbons (Fsp3) is 0.304. The van der Waals surface area contributed by atoms with Crippen LogP contribution in [0, 0.1) is 11.3 Å². The molecule has 2 aromatic carbocycles. The van der Waals surface area contributed by atoms with Crippen molar-refractivity contribution >= 4 is 27.9 Å². The molecule has 6 heteroatoms. The normalized spacial score (nSPS) is 13.2. The summed E-state index contributed by atoms with van der Waals surface area (Å²) in [6.45, 7) is 5.89. The van der Waals surface area contributed by atoms with Crippen LogP contribution >= 0.6 is 15.9 Å². The molecule has 2 rings (SSSR count). The number of nitrogens with zero attached hydrogens (tertiary/aromatic N) is 1. The van der Waals surface area contributed by atoms with Crippen molar-refractivity contribution in [1.29, 1.82) is 5.26 Å². The van der Waals surface area contributed by atoms with Gasteiger partial charge in [-0.3, -0.25) is 4.79 Å². The van der Waals surface area contributed by atoms with E-state index in [2.05, 4.69) is 21.2 Å². The highest BCUT2D eigenvalue weighted by Crippen LogP contribution is 2.38. The molecule has 0 unspecified atom stereocenters. The SMILES string of the molecule is CC[C@@H](C)Oc1c(Br)cc(/C=C(/C#N)C(=O)N[C@H](C)c2ccccc2)cc1OC. The van der Waals surface area contributed by atoms with Crippen LogP contribution in [0.25, 0.3) is 6.08 Å². The van der Waals surface area contributed by atoms with Crippen molar-refractivity contribution in [2.45, 2.75) is 39.3 Å². The summed E-state index contributed by atoms with van der Waals surface area (Å²) in [6, 6.07) is 14.9. The lowest BCUT2D eigenvalue weighted by Crippen LogP contribution is -2.27. The lowest BCUT2D eigenvalue weighted by Gasteiger charge is -2.17. The van der Waals surface area contributed by atoms with E-state index in [1.54, 1.807) is 19.2 Å². The molecule has 0 aliphatic rings. The molecule has 0 bridgehead atoms. The van der Waals surface area contributed by atoms with E-state index in [9.17, 15) is 10.1 Å². The number of ether oxygens (including phenoxy) is 2. The van der Waals surface area contributed by atoms with E-state index in [-0.39, 0.29) is 17.7 Å². The first-order valence-corrected chi connectivity index (χ1v) is 10.2. The van der Waals surface area contributed by atoms with Gasteiger partial charge in [0.2, 0.25) is 0 Å². The van der Waals surface area contributed by atoms with Gasteiger partial charge in [-0.05, 0) is 65.5 Å². The standard InChI is InChI=1S/C23H25BrN2O3/c1-5-15(2)29-22-20(24)12-17(13-21(22)28-4)11-19(14-25)23(27)26-16(3)18-9-7-6-8-10-18/h6-13,15-16H,5H2,1-4H3,(H,26,27)/b19-11-/t15-,16-/m1/s1. The van der Waals surface area contributed by atoms with Gasteiger partial charge in [0.15, 0.2) is 11.5 Å². The molecule has 0 radical (unpaired) electrons. The Morgan fingerprint density at radius 2 is 1.97 bits per heavy atom. The molecule has 2 aromatic rings. The Morgan fingerprint density at radius 1 is 1.28 bits per heavy atom. The second-order valence-corrected chi connectivity index (χ2v) is 7.50. The second-order valence-electron chi connectivity index (χ2n) is 6.65. The third-order valence-electron chi connectivity index (χ3n) is 4.47. The number of carbonyl (C=O) groups excluding carboxylic acids is 1. The van der Waals surface area contributed by atoms with Crippen molar-refractivity contribution in [3.05, 3.63) is 63.6 Å². The highest BCUT2D eigenvalue weighted by atomic mass is 79.9. The van der Waals surface area contributed by atoms with Gasteiger partial charge in [-0.1, -0.05) is 37.3 Å². The van der Waals surface area contributed by atoms with Crippen LogP contribution in [0.1, 0.15) is 44.4 Å². The van der Waals surface area contributed by atoms with Crippen molar-refractivity contribution in [3.63, 3.8) is 0 Å². The van der Waals surface area contributed by atoms with Crippen LogP contribution in [-0.2, 0) is 4.79 Å². The van der Waals surface area contributed by atoms with E-state index in [0.717, 1.165) is 12.0 Å². The zero-order valence-electron chi connectivity index (χ0n) is 17.0. The first-order chi connectivity index (χ1) is 13.9. The number of nitrogens with one attached hydrogen (secondary N) is 1. The third kappa shape index (κ3) is 6.10. The first-order valence-electron chi connectivity index (χ1n) is 9.41. The van der Waals surface area contributed by atoms with Crippen LogP contribution in [0.4, 0.5) is 0 Å². The number of rotatable bonds is 8. The van der Waals surface area contributed by atoms with Crippen molar-refractivity contribution in [1.82, 2.24) is 5.32 Å². The highest BCUT2D eigenvalue weighted by Gasteiger charge is 2.17. The summed E-state index contributed by atoms with van der Waals surface area (Å²) in [5, 5.41) is 12.4. The Bertz CT molecular complexity index is 920. The van der Waals surface area contributed by atoms with Crippen LogP contribution < -0.4 is 14.8 Å². The summed E-state index contributed by atoms with van der Waals surface area (Å²) >= 11 is 3.50. The molecular formula is C23H25BrN2O3. The molecular weight excluding hydrogens is 432 g/mol. The minimum atomic E-state index is -0.432. The largest absolute Gasteiger partial charge is 0.493 e. The quantitative estimate of drug-likeness (QED) is 0.425. The molecule has 5 nitrogen and oxygen atoms in total. The fourth-order valence-electron chi connectivity index (χ4n) is 2.64.